The van der Waals surface area contributed by atoms with Crippen molar-refractivity contribution < 1.29 is 4.79 Å². The summed E-state index contributed by atoms with van der Waals surface area (Å²) < 4.78 is 0. The van der Waals surface area contributed by atoms with Gasteiger partial charge in [-0.1, -0.05) is 54.6 Å². The minimum absolute atomic E-state index is 0.159. The van der Waals surface area contributed by atoms with E-state index in [1.165, 1.54) is 5.56 Å². The number of rotatable bonds is 3. The molecule has 0 amide bonds. The quantitative estimate of drug-likeness (QED) is 0.795. The zero-order chi connectivity index (χ0) is 14.7. The summed E-state index contributed by atoms with van der Waals surface area (Å²) in [4.78, 5) is 14.8. The number of likely N-dealkylation sites (tertiary alicyclic amines) is 1. The number of piperidine rings is 1. The second kappa shape index (κ2) is 6.23. The van der Waals surface area contributed by atoms with Crippen LogP contribution in [0.5, 0.6) is 0 Å². The van der Waals surface area contributed by atoms with Gasteiger partial charge in [0.1, 0.15) is 0 Å². The van der Waals surface area contributed by atoms with Crippen LogP contribution in [0.1, 0.15) is 23.2 Å². The second-order valence-corrected chi connectivity index (χ2v) is 5.91. The molecule has 0 bridgehead atoms. The van der Waals surface area contributed by atoms with Gasteiger partial charge in [-0.05, 0) is 37.6 Å². The third kappa shape index (κ3) is 3.22. The molecule has 1 fully saturated rings. The summed E-state index contributed by atoms with van der Waals surface area (Å²) in [5, 5.41) is 0. The summed E-state index contributed by atoms with van der Waals surface area (Å²) in [6, 6.07) is 18.3. The van der Waals surface area contributed by atoms with Gasteiger partial charge in [-0.2, -0.15) is 0 Å². The highest BCUT2D eigenvalue weighted by atomic mass is 16.1. The molecule has 1 heterocycles. The van der Waals surface area contributed by atoms with E-state index in [-0.39, 0.29) is 5.92 Å². The molecule has 1 aliphatic heterocycles. The van der Waals surface area contributed by atoms with E-state index in [9.17, 15) is 4.79 Å². The number of hydrogen-bond acceptors (Lipinski definition) is 2. The second-order valence-electron chi connectivity index (χ2n) is 5.91. The fourth-order valence-corrected chi connectivity index (χ4v) is 3.07. The van der Waals surface area contributed by atoms with Crippen molar-refractivity contribution in [1.82, 2.24) is 4.90 Å². The number of carbonyl (C=O) groups excluding carboxylic acids is 1. The van der Waals surface area contributed by atoms with Crippen LogP contribution < -0.4 is 0 Å². The Hall–Kier alpha value is -1.93. The molecule has 2 aromatic rings. The lowest BCUT2D eigenvalue weighted by Gasteiger charge is -2.28. The Kier molecular flexibility index (Phi) is 4.16. The van der Waals surface area contributed by atoms with Crippen LogP contribution in [-0.2, 0) is 0 Å². The van der Waals surface area contributed by atoms with Crippen molar-refractivity contribution in [2.24, 2.45) is 5.92 Å². The minimum atomic E-state index is 0.159. The van der Waals surface area contributed by atoms with Crippen molar-refractivity contribution in [3.05, 3.63) is 60.2 Å². The average molecular weight is 279 g/mol. The van der Waals surface area contributed by atoms with Gasteiger partial charge >= 0.3 is 0 Å². The summed E-state index contributed by atoms with van der Waals surface area (Å²) in [5.41, 5.74) is 3.19. The lowest BCUT2D eigenvalue weighted by molar-refractivity contribution is 0.0843. The van der Waals surface area contributed by atoms with E-state index in [1.807, 2.05) is 30.3 Å². The molecule has 3 rings (SSSR count). The molecule has 0 saturated carbocycles. The van der Waals surface area contributed by atoms with Crippen LogP contribution in [0.3, 0.4) is 0 Å². The molecule has 0 aromatic heterocycles. The SMILES string of the molecule is CN1CCC[C@@H](C(=O)c2ccc(-c3ccccc3)cc2)C1. The number of hydrogen-bond donors (Lipinski definition) is 0. The molecular formula is C19H21NO. The molecule has 2 aromatic carbocycles. The Morgan fingerprint density at radius 1 is 1.00 bits per heavy atom. The molecule has 1 saturated heterocycles. The maximum Gasteiger partial charge on any atom is 0.167 e. The number of carbonyl (C=O) groups is 1. The van der Waals surface area contributed by atoms with Gasteiger partial charge in [0.05, 0.1) is 0 Å². The Morgan fingerprint density at radius 3 is 2.33 bits per heavy atom. The van der Waals surface area contributed by atoms with Crippen molar-refractivity contribution in [3.8, 4) is 11.1 Å². The smallest absolute Gasteiger partial charge is 0.167 e. The number of nitrogens with zero attached hydrogens (tertiary/aromatic N) is 1. The van der Waals surface area contributed by atoms with E-state index in [0.29, 0.717) is 5.78 Å². The van der Waals surface area contributed by atoms with E-state index in [2.05, 4.69) is 36.2 Å². The molecule has 2 nitrogen and oxygen atoms in total. The first kappa shape index (κ1) is 14.0. The molecule has 0 spiro atoms. The topological polar surface area (TPSA) is 20.3 Å². The van der Waals surface area contributed by atoms with Gasteiger partial charge in [0, 0.05) is 18.0 Å². The molecule has 0 unspecified atom stereocenters. The molecule has 1 aliphatic rings. The normalized spacial score (nSPS) is 19.4. The van der Waals surface area contributed by atoms with Gasteiger partial charge in [-0.15, -0.1) is 0 Å². The van der Waals surface area contributed by atoms with Crippen molar-refractivity contribution in [2.75, 3.05) is 20.1 Å². The first-order valence-corrected chi connectivity index (χ1v) is 7.62. The van der Waals surface area contributed by atoms with E-state index in [0.717, 1.165) is 37.1 Å². The van der Waals surface area contributed by atoms with Crippen molar-refractivity contribution >= 4 is 5.78 Å². The molecule has 0 aliphatic carbocycles. The summed E-state index contributed by atoms with van der Waals surface area (Å²) in [7, 11) is 2.10. The van der Waals surface area contributed by atoms with Gasteiger partial charge in [-0.25, -0.2) is 0 Å². The fraction of sp³-hybridized carbons (Fsp3) is 0.316. The Bertz CT molecular complexity index is 603. The molecule has 1 atom stereocenters. The van der Waals surface area contributed by atoms with Crippen LogP contribution in [0.15, 0.2) is 54.6 Å². The number of ketones is 1. The Balaban J connectivity index is 1.76. The van der Waals surface area contributed by atoms with Crippen molar-refractivity contribution in [2.45, 2.75) is 12.8 Å². The summed E-state index contributed by atoms with van der Waals surface area (Å²) in [6.45, 7) is 2.00. The van der Waals surface area contributed by atoms with Crippen molar-refractivity contribution in [3.63, 3.8) is 0 Å². The highest BCUT2D eigenvalue weighted by Crippen LogP contribution is 2.23. The first-order valence-electron chi connectivity index (χ1n) is 7.62. The Morgan fingerprint density at radius 2 is 1.67 bits per heavy atom. The van der Waals surface area contributed by atoms with Crippen LogP contribution in [0.2, 0.25) is 0 Å². The molecule has 21 heavy (non-hydrogen) atoms. The van der Waals surface area contributed by atoms with Crippen LogP contribution in [-0.4, -0.2) is 30.8 Å². The van der Waals surface area contributed by atoms with Crippen molar-refractivity contribution in [1.29, 1.82) is 0 Å². The predicted molar refractivity (Wildman–Crippen MR) is 86.4 cm³/mol. The van der Waals surface area contributed by atoms with Crippen LogP contribution in [0.4, 0.5) is 0 Å². The van der Waals surface area contributed by atoms with E-state index < -0.39 is 0 Å². The van der Waals surface area contributed by atoms with Gasteiger partial charge in [0.25, 0.3) is 0 Å². The van der Waals surface area contributed by atoms with E-state index in [1.54, 1.807) is 0 Å². The average Bonchev–Trinajstić information content (AvgIpc) is 2.55. The van der Waals surface area contributed by atoms with Crippen LogP contribution >= 0.6 is 0 Å². The molecule has 2 heteroatoms. The minimum Gasteiger partial charge on any atom is -0.306 e. The van der Waals surface area contributed by atoms with Gasteiger partial charge < -0.3 is 4.90 Å². The Labute approximate surface area is 126 Å². The third-order valence-electron chi connectivity index (χ3n) is 4.27. The highest BCUT2D eigenvalue weighted by molar-refractivity contribution is 5.98. The standard InChI is InChI=1S/C19H21NO/c1-20-13-5-8-18(14-20)19(21)17-11-9-16(10-12-17)15-6-3-2-4-7-15/h2-4,6-7,9-12,18H,5,8,13-14H2,1H3/t18-/m1/s1. The maximum atomic E-state index is 12.6. The summed E-state index contributed by atoms with van der Waals surface area (Å²) in [5.74, 6) is 0.451. The summed E-state index contributed by atoms with van der Waals surface area (Å²) in [6.07, 6.45) is 2.14. The lowest BCUT2D eigenvalue weighted by Crippen LogP contribution is -2.36. The zero-order valence-electron chi connectivity index (χ0n) is 12.5. The molecule has 108 valence electrons. The zero-order valence-corrected chi connectivity index (χ0v) is 12.5. The monoisotopic (exact) mass is 279 g/mol. The number of Topliss-reactive ketones (excluding diaryl/α,β-unsaturated/α-hetero) is 1. The maximum absolute atomic E-state index is 12.6. The largest absolute Gasteiger partial charge is 0.306 e. The summed E-state index contributed by atoms with van der Waals surface area (Å²) >= 11 is 0. The van der Waals surface area contributed by atoms with Gasteiger partial charge in [0.15, 0.2) is 5.78 Å². The fourth-order valence-electron chi connectivity index (χ4n) is 3.07. The van der Waals surface area contributed by atoms with E-state index in [4.69, 9.17) is 0 Å². The predicted octanol–water partition coefficient (Wildman–Crippen LogP) is 3.88. The third-order valence-corrected chi connectivity index (χ3v) is 4.27. The van der Waals surface area contributed by atoms with Gasteiger partial charge in [0.2, 0.25) is 0 Å². The lowest BCUT2D eigenvalue weighted by atomic mass is 9.89. The highest BCUT2D eigenvalue weighted by Gasteiger charge is 2.24. The van der Waals surface area contributed by atoms with Gasteiger partial charge in [-0.3, -0.25) is 4.79 Å². The molecule has 0 N–H and O–H groups in total. The number of benzene rings is 2. The van der Waals surface area contributed by atoms with Crippen LogP contribution in [0.25, 0.3) is 11.1 Å². The van der Waals surface area contributed by atoms with E-state index >= 15 is 0 Å². The first-order chi connectivity index (χ1) is 10.2. The molecule has 0 radical (unpaired) electrons. The van der Waals surface area contributed by atoms with Crippen LogP contribution in [0, 0.1) is 5.92 Å². The molecular weight excluding hydrogens is 258 g/mol.